The van der Waals surface area contributed by atoms with E-state index in [1.54, 1.807) is 0 Å². The fourth-order valence-electron chi connectivity index (χ4n) is 7.46. The van der Waals surface area contributed by atoms with Crippen LogP contribution in [0.25, 0.3) is 61.7 Å². The summed E-state index contributed by atoms with van der Waals surface area (Å²) in [5, 5.41) is 2.28. The van der Waals surface area contributed by atoms with Gasteiger partial charge in [-0.1, -0.05) is 98.2 Å². The number of benzene rings is 4. The van der Waals surface area contributed by atoms with Gasteiger partial charge in [0, 0.05) is 38.2 Å². The van der Waals surface area contributed by atoms with Gasteiger partial charge in [0.2, 0.25) is 0 Å². The third kappa shape index (κ3) is 6.30. The number of rotatable bonds is 4. The Balaban J connectivity index is 0.000000149. The zero-order chi connectivity index (χ0) is 32.0. The van der Waals surface area contributed by atoms with E-state index in [2.05, 4.69) is 97.1 Å². The van der Waals surface area contributed by atoms with Crippen molar-refractivity contribution in [1.29, 1.82) is 0 Å². The molecule has 7 aromatic rings. The second-order valence-electron chi connectivity index (χ2n) is 14.2. The van der Waals surface area contributed by atoms with Crippen molar-refractivity contribution < 1.29 is 24.5 Å². The fourth-order valence-corrected chi connectivity index (χ4v) is 7.46. The summed E-state index contributed by atoms with van der Waals surface area (Å²) in [5.74, 6) is 1.70. The number of pyridine rings is 1. The molecule has 0 atom stereocenters. The summed E-state index contributed by atoms with van der Waals surface area (Å²) < 4.78 is 8.49. The molecular weight excluding hydrogens is 767 g/mol. The molecule has 48 heavy (non-hydrogen) atoms. The molecule has 5 heteroatoms. The van der Waals surface area contributed by atoms with E-state index in [0.29, 0.717) is 5.92 Å². The minimum Gasteiger partial charge on any atom is -0.501 e. The normalized spacial score (nSPS) is 14.5. The molecule has 4 nitrogen and oxygen atoms in total. The second-order valence-corrected chi connectivity index (χ2v) is 14.2. The topological polar surface area (TPSA) is 43.9 Å². The van der Waals surface area contributed by atoms with Crippen molar-refractivity contribution in [3.8, 4) is 22.6 Å². The summed E-state index contributed by atoms with van der Waals surface area (Å²) in [4.78, 5) is 9.49. The first-order chi connectivity index (χ1) is 22.9. The molecule has 1 fully saturated rings. The zero-order valence-corrected chi connectivity index (χ0v) is 30.1. The molecule has 9 rings (SSSR count). The third-order valence-electron chi connectivity index (χ3n) is 9.43. The van der Waals surface area contributed by atoms with Gasteiger partial charge in [-0.25, -0.2) is 0 Å². The summed E-state index contributed by atoms with van der Waals surface area (Å²) >= 11 is 0. The number of aromatic nitrogens is 3. The molecule has 0 amide bonds. The van der Waals surface area contributed by atoms with Gasteiger partial charge in [-0.15, -0.1) is 54.1 Å². The maximum Gasteiger partial charge on any atom is 0.120 e. The third-order valence-corrected chi connectivity index (χ3v) is 9.43. The van der Waals surface area contributed by atoms with Gasteiger partial charge in [0.1, 0.15) is 5.58 Å². The van der Waals surface area contributed by atoms with E-state index in [0.717, 1.165) is 63.1 Å². The minimum absolute atomic E-state index is 0. The van der Waals surface area contributed by atoms with Crippen molar-refractivity contribution in [3.05, 3.63) is 126 Å². The first-order valence-electron chi connectivity index (χ1n) is 16.9. The average Bonchev–Trinajstić information content (AvgIpc) is 3.84. The van der Waals surface area contributed by atoms with Crippen LogP contribution in [0, 0.1) is 17.5 Å². The molecular formula is C43H39IrN3O-2. The van der Waals surface area contributed by atoms with Crippen LogP contribution >= 0.6 is 0 Å². The Hall–Kier alpha value is -4.31. The summed E-state index contributed by atoms with van der Waals surface area (Å²) in [6.45, 7) is 7.81. The summed E-state index contributed by atoms with van der Waals surface area (Å²) in [5.41, 5.74) is 11.5. The van der Waals surface area contributed by atoms with E-state index in [-0.39, 0.29) is 25.5 Å². The number of hydrogen-bond donors (Lipinski definition) is 0. The van der Waals surface area contributed by atoms with Crippen molar-refractivity contribution in [2.75, 3.05) is 0 Å². The van der Waals surface area contributed by atoms with Crippen LogP contribution in [0.4, 0.5) is 0 Å². The predicted molar refractivity (Wildman–Crippen MR) is 193 cm³/mol. The molecule has 0 spiro atoms. The van der Waals surface area contributed by atoms with E-state index < -0.39 is 0 Å². The number of nitrogens with zero attached hydrogens (tertiary/aromatic N) is 3. The van der Waals surface area contributed by atoms with Gasteiger partial charge in [0.15, 0.2) is 0 Å². The van der Waals surface area contributed by atoms with Gasteiger partial charge in [0.05, 0.1) is 22.4 Å². The van der Waals surface area contributed by atoms with E-state index >= 15 is 0 Å². The van der Waals surface area contributed by atoms with Gasteiger partial charge < -0.3 is 14.0 Å². The van der Waals surface area contributed by atoms with Crippen LogP contribution in [-0.4, -0.2) is 14.5 Å². The smallest absolute Gasteiger partial charge is 0.120 e. The van der Waals surface area contributed by atoms with Crippen molar-refractivity contribution >= 4 is 39.0 Å². The molecule has 4 heterocycles. The van der Waals surface area contributed by atoms with Crippen LogP contribution in [0.15, 0.2) is 107 Å². The summed E-state index contributed by atoms with van der Waals surface area (Å²) in [6.07, 6.45) is 10.6. The van der Waals surface area contributed by atoms with Crippen LogP contribution < -0.4 is 0 Å². The average molecular weight is 806 g/mol. The van der Waals surface area contributed by atoms with Crippen LogP contribution in [0.3, 0.4) is 0 Å². The molecule has 1 aliphatic heterocycles. The van der Waals surface area contributed by atoms with Crippen molar-refractivity contribution in [2.24, 2.45) is 5.41 Å². The van der Waals surface area contributed by atoms with Gasteiger partial charge in [0.25, 0.3) is 0 Å². The molecule has 1 radical (unpaired) electrons. The number of fused-ring (bicyclic) bond motifs is 3. The quantitative estimate of drug-likeness (QED) is 0.166. The monoisotopic (exact) mass is 806 g/mol. The largest absolute Gasteiger partial charge is 0.501 e. The van der Waals surface area contributed by atoms with Crippen LogP contribution in [0.1, 0.15) is 69.9 Å². The first kappa shape index (κ1) is 32.2. The van der Waals surface area contributed by atoms with Gasteiger partial charge in [-0.2, -0.15) is 0 Å². The molecule has 4 aromatic carbocycles. The van der Waals surface area contributed by atoms with Gasteiger partial charge >= 0.3 is 0 Å². The van der Waals surface area contributed by atoms with E-state index in [9.17, 15) is 0 Å². The molecule has 1 saturated carbocycles. The number of allylic oxidation sites excluding steroid dienone is 1. The Kier molecular flexibility index (Phi) is 8.94. The first-order valence-corrected chi connectivity index (χ1v) is 16.9. The standard InChI is InChI=1S/C22H18NO.C21H21N2.Ir/c1-2-7-15(6-1)16-12-13-23-20(14-16)19-10-5-9-18-17-8-3-4-11-21(17)24-22(18)19;1-21(2,3)13-15-12-17-10-7-11-18-19(17)23(14-15)20(22-18)16-8-5-4-6-9-16;/h3-5,8-9,11-15H,1-2,6-7H2;4-8,10-12H,13-14H2,1-3H3;/q2*-1;. The second kappa shape index (κ2) is 13.3. The summed E-state index contributed by atoms with van der Waals surface area (Å²) in [6, 6.07) is 37.8. The van der Waals surface area contributed by atoms with Crippen LogP contribution in [0.5, 0.6) is 0 Å². The Morgan fingerprint density at radius 1 is 0.875 bits per heavy atom. The Labute approximate surface area is 296 Å². The predicted octanol–water partition coefficient (Wildman–Crippen LogP) is 11.4. The molecule has 0 bridgehead atoms. The van der Waals surface area contributed by atoms with Gasteiger partial charge in [-0.3, -0.25) is 4.98 Å². The van der Waals surface area contributed by atoms with Crippen molar-refractivity contribution in [2.45, 2.75) is 65.3 Å². The van der Waals surface area contributed by atoms with Gasteiger partial charge in [-0.05, 0) is 60.1 Å². The van der Waals surface area contributed by atoms with Crippen LogP contribution in [0.2, 0.25) is 0 Å². The van der Waals surface area contributed by atoms with Crippen molar-refractivity contribution in [3.63, 3.8) is 0 Å². The Morgan fingerprint density at radius 2 is 1.71 bits per heavy atom. The van der Waals surface area contributed by atoms with E-state index in [1.165, 1.54) is 47.9 Å². The molecule has 0 N–H and O–H groups in total. The maximum absolute atomic E-state index is 6.13. The Morgan fingerprint density at radius 3 is 2.52 bits per heavy atom. The minimum atomic E-state index is 0. The molecule has 3 aromatic heterocycles. The SMILES string of the molecule is CC(C)(C)CC1=Cc2cccc3nc(-c4[c-]cccc4)n(c23)C1.[Ir].[c-]1ccc2c(oc3ccccc32)c1-c1cc(C2CCCC2)ccn1. The number of furan rings is 1. The molecule has 243 valence electrons. The number of imidazole rings is 1. The molecule has 2 aliphatic rings. The maximum atomic E-state index is 6.13. The number of hydrogen-bond acceptors (Lipinski definition) is 3. The van der Waals surface area contributed by atoms with Crippen molar-refractivity contribution in [1.82, 2.24) is 14.5 Å². The summed E-state index contributed by atoms with van der Waals surface area (Å²) in [7, 11) is 0. The Bertz CT molecular complexity index is 2250. The van der Waals surface area contributed by atoms with Crippen LogP contribution in [-0.2, 0) is 26.7 Å². The zero-order valence-electron chi connectivity index (χ0n) is 27.7. The molecule has 1 aliphatic carbocycles. The molecule has 0 unspecified atom stereocenters. The van der Waals surface area contributed by atoms with E-state index in [1.807, 2.05) is 48.7 Å². The molecule has 0 saturated heterocycles. The number of para-hydroxylation sites is 2. The fraction of sp³-hybridized carbons (Fsp3) is 0.256. The van der Waals surface area contributed by atoms with E-state index in [4.69, 9.17) is 9.40 Å².